The molecule has 0 heterocycles. The van der Waals surface area contributed by atoms with Crippen LogP contribution in [0.15, 0.2) is 0 Å². The summed E-state index contributed by atoms with van der Waals surface area (Å²) in [6.45, 7) is 4.35. The average Bonchev–Trinajstić information content (AvgIpc) is 2.27. The molecule has 2 aliphatic carbocycles. The van der Waals surface area contributed by atoms with E-state index in [1.54, 1.807) is 0 Å². The largest absolute Gasteiger partial charge is 0.298 e. The Kier molecular flexibility index (Phi) is 1.39. The summed E-state index contributed by atoms with van der Waals surface area (Å²) in [7, 11) is 0. The molecule has 0 N–H and O–H groups in total. The highest BCUT2D eigenvalue weighted by Crippen LogP contribution is 2.57. The van der Waals surface area contributed by atoms with Gasteiger partial charge in [-0.15, -0.1) is 11.6 Å². The molecular formula is C9H13ClO. The van der Waals surface area contributed by atoms with Crippen molar-refractivity contribution < 1.29 is 4.79 Å². The zero-order valence-electron chi connectivity index (χ0n) is 6.93. The van der Waals surface area contributed by atoms with Crippen LogP contribution in [0.4, 0.5) is 0 Å². The van der Waals surface area contributed by atoms with E-state index in [2.05, 4.69) is 13.8 Å². The molecule has 0 aliphatic heterocycles. The van der Waals surface area contributed by atoms with Crippen molar-refractivity contribution >= 4 is 17.4 Å². The molecule has 0 aromatic heterocycles. The van der Waals surface area contributed by atoms with Crippen LogP contribution in [-0.4, -0.2) is 11.2 Å². The van der Waals surface area contributed by atoms with Gasteiger partial charge in [-0.25, -0.2) is 0 Å². The molecule has 2 rings (SSSR count). The highest BCUT2D eigenvalue weighted by molar-refractivity contribution is 6.32. The highest BCUT2D eigenvalue weighted by Gasteiger charge is 2.58. The summed E-state index contributed by atoms with van der Waals surface area (Å²) in [4.78, 5) is 11.5. The number of hydrogen-bond donors (Lipinski definition) is 0. The van der Waals surface area contributed by atoms with E-state index in [9.17, 15) is 4.79 Å². The van der Waals surface area contributed by atoms with Crippen LogP contribution in [0, 0.1) is 17.3 Å². The van der Waals surface area contributed by atoms with Gasteiger partial charge in [-0.1, -0.05) is 13.8 Å². The molecule has 0 radical (unpaired) electrons. The molecule has 1 nitrogen and oxygen atoms in total. The number of hydrogen-bond acceptors (Lipinski definition) is 1. The van der Waals surface area contributed by atoms with E-state index in [4.69, 9.17) is 11.6 Å². The third-order valence-electron chi connectivity index (χ3n) is 3.59. The van der Waals surface area contributed by atoms with Crippen molar-refractivity contribution in [2.45, 2.75) is 32.1 Å². The van der Waals surface area contributed by atoms with Gasteiger partial charge in [0.05, 0.1) is 5.38 Å². The van der Waals surface area contributed by atoms with Gasteiger partial charge in [0.15, 0.2) is 5.78 Å². The van der Waals surface area contributed by atoms with Gasteiger partial charge in [0, 0.05) is 5.92 Å². The Labute approximate surface area is 72.1 Å². The quantitative estimate of drug-likeness (QED) is 0.513. The molecule has 2 bridgehead atoms. The van der Waals surface area contributed by atoms with E-state index >= 15 is 0 Å². The van der Waals surface area contributed by atoms with Gasteiger partial charge in [-0.2, -0.15) is 0 Å². The molecular weight excluding hydrogens is 160 g/mol. The van der Waals surface area contributed by atoms with Crippen molar-refractivity contribution in [3.05, 3.63) is 0 Å². The van der Waals surface area contributed by atoms with Crippen LogP contribution in [-0.2, 0) is 4.79 Å². The summed E-state index contributed by atoms with van der Waals surface area (Å²) in [5, 5.41) is -0.177. The second kappa shape index (κ2) is 2.01. The van der Waals surface area contributed by atoms with Crippen molar-refractivity contribution in [1.29, 1.82) is 0 Å². The summed E-state index contributed by atoms with van der Waals surface area (Å²) >= 11 is 5.99. The van der Waals surface area contributed by atoms with Crippen LogP contribution in [0.2, 0.25) is 0 Å². The zero-order chi connectivity index (χ0) is 8.22. The minimum atomic E-state index is -0.177. The lowest BCUT2D eigenvalue weighted by molar-refractivity contribution is -0.122. The van der Waals surface area contributed by atoms with Crippen molar-refractivity contribution in [3.63, 3.8) is 0 Å². The summed E-state index contributed by atoms with van der Waals surface area (Å²) < 4.78 is 0. The lowest BCUT2D eigenvalue weighted by Gasteiger charge is -2.22. The minimum Gasteiger partial charge on any atom is -0.298 e. The van der Waals surface area contributed by atoms with E-state index in [-0.39, 0.29) is 16.7 Å². The summed E-state index contributed by atoms with van der Waals surface area (Å²) in [6, 6.07) is 0. The predicted molar refractivity (Wildman–Crippen MR) is 44.6 cm³/mol. The number of Topliss-reactive ketones (excluding diaryl/α,β-unsaturated/α-hetero) is 1. The molecule has 2 fully saturated rings. The second-order valence-corrected chi connectivity index (χ2v) is 4.83. The number of rotatable bonds is 0. The molecule has 0 aromatic rings. The number of alkyl halides is 1. The lowest BCUT2D eigenvalue weighted by Crippen LogP contribution is -2.21. The van der Waals surface area contributed by atoms with E-state index in [0.717, 1.165) is 12.8 Å². The van der Waals surface area contributed by atoms with Crippen molar-refractivity contribution in [3.8, 4) is 0 Å². The van der Waals surface area contributed by atoms with E-state index < -0.39 is 0 Å². The number of ketones is 1. The van der Waals surface area contributed by atoms with Crippen molar-refractivity contribution in [2.24, 2.45) is 17.3 Å². The first-order valence-corrected chi connectivity index (χ1v) is 4.66. The smallest absolute Gasteiger partial charge is 0.154 e. The van der Waals surface area contributed by atoms with Gasteiger partial charge in [-0.3, -0.25) is 4.79 Å². The van der Waals surface area contributed by atoms with E-state index in [0.29, 0.717) is 11.7 Å². The second-order valence-electron chi connectivity index (χ2n) is 4.36. The number of carbonyl (C=O) groups excluding carboxylic acids is 1. The van der Waals surface area contributed by atoms with Gasteiger partial charge in [0.2, 0.25) is 0 Å². The third kappa shape index (κ3) is 0.752. The zero-order valence-corrected chi connectivity index (χ0v) is 7.69. The van der Waals surface area contributed by atoms with Crippen LogP contribution >= 0.6 is 11.6 Å². The fraction of sp³-hybridized carbons (Fsp3) is 0.889. The van der Waals surface area contributed by atoms with E-state index in [1.807, 2.05) is 0 Å². The van der Waals surface area contributed by atoms with Crippen molar-refractivity contribution in [1.82, 2.24) is 0 Å². The van der Waals surface area contributed by atoms with Crippen LogP contribution in [0.25, 0.3) is 0 Å². The SMILES string of the molecule is CC1(C)C2CCC1C(Cl)C2=O. The van der Waals surface area contributed by atoms with Crippen LogP contribution in [0.1, 0.15) is 26.7 Å². The first-order valence-electron chi connectivity index (χ1n) is 4.23. The Bertz CT molecular complexity index is 210. The average molecular weight is 173 g/mol. The standard InChI is InChI=1S/C9H13ClO/c1-9(2)5-3-4-6(9)8(11)7(5)10/h5-7H,3-4H2,1-2H3. The number of carbonyl (C=O) groups is 1. The Morgan fingerprint density at radius 2 is 2.09 bits per heavy atom. The number of fused-ring (bicyclic) bond motifs is 2. The maximum absolute atomic E-state index is 11.5. The molecule has 0 saturated heterocycles. The minimum absolute atomic E-state index is 0.177. The lowest BCUT2D eigenvalue weighted by atomic mass is 9.82. The maximum atomic E-state index is 11.5. The third-order valence-corrected chi connectivity index (χ3v) is 4.11. The molecule has 2 heteroatoms. The molecule has 11 heavy (non-hydrogen) atoms. The van der Waals surface area contributed by atoms with Gasteiger partial charge in [0.1, 0.15) is 0 Å². The molecule has 0 aromatic carbocycles. The van der Waals surface area contributed by atoms with E-state index in [1.165, 1.54) is 0 Å². The fourth-order valence-electron chi connectivity index (χ4n) is 2.77. The van der Waals surface area contributed by atoms with Crippen molar-refractivity contribution in [2.75, 3.05) is 0 Å². The first-order chi connectivity index (χ1) is 5.05. The topological polar surface area (TPSA) is 17.1 Å². The maximum Gasteiger partial charge on any atom is 0.154 e. The summed E-state index contributed by atoms with van der Waals surface area (Å²) in [5.74, 6) is 1.00. The molecule has 3 unspecified atom stereocenters. The van der Waals surface area contributed by atoms with Gasteiger partial charge < -0.3 is 0 Å². The van der Waals surface area contributed by atoms with Gasteiger partial charge in [0.25, 0.3) is 0 Å². The summed E-state index contributed by atoms with van der Waals surface area (Å²) in [5.41, 5.74) is 0.184. The van der Waals surface area contributed by atoms with Crippen LogP contribution < -0.4 is 0 Å². The molecule has 0 amide bonds. The fourth-order valence-corrected chi connectivity index (χ4v) is 3.37. The molecule has 0 spiro atoms. The first kappa shape index (κ1) is 7.60. The molecule has 2 saturated carbocycles. The Balaban J connectivity index is 2.39. The van der Waals surface area contributed by atoms with Crippen LogP contribution in [0.5, 0.6) is 0 Å². The Morgan fingerprint density at radius 3 is 2.36 bits per heavy atom. The molecule has 3 atom stereocenters. The Morgan fingerprint density at radius 1 is 1.45 bits per heavy atom. The van der Waals surface area contributed by atoms with Crippen LogP contribution in [0.3, 0.4) is 0 Å². The highest BCUT2D eigenvalue weighted by atomic mass is 35.5. The molecule has 62 valence electrons. The normalized spacial score (nSPS) is 46.8. The molecule has 2 aliphatic rings. The summed E-state index contributed by atoms with van der Waals surface area (Å²) in [6.07, 6.45) is 2.22. The monoisotopic (exact) mass is 172 g/mol. The Hall–Kier alpha value is -0.0400. The van der Waals surface area contributed by atoms with Gasteiger partial charge in [-0.05, 0) is 24.2 Å². The predicted octanol–water partition coefficient (Wildman–Crippen LogP) is 2.23. The van der Waals surface area contributed by atoms with Gasteiger partial charge >= 0.3 is 0 Å². The number of halogens is 1.